The predicted octanol–water partition coefficient (Wildman–Crippen LogP) is 8.65. The number of nitrogens with zero attached hydrogens (tertiary/aromatic N) is 4. The Morgan fingerprint density at radius 1 is 1.00 bits per heavy atom. The average Bonchev–Trinajstić information content (AvgIpc) is 3.96. The van der Waals surface area contributed by atoms with Crippen molar-refractivity contribution in [1.82, 2.24) is 35.1 Å². The molecule has 14 heteroatoms. The van der Waals surface area contributed by atoms with Crippen molar-refractivity contribution in [3.8, 4) is 32.3 Å². The van der Waals surface area contributed by atoms with E-state index in [0.29, 0.717) is 31.4 Å². The average molecular weight is 764 g/mol. The molecule has 286 valence electrons. The van der Waals surface area contributed by atoms with Gasteiger partial charge in [0.15, 0.2) is 0 Å². The third-order valence-corrected chi connectivity index (χ3v) is 10.5. The largest absolute Gasteiger partial charge is 0.462 e. The van der Waals surface area contributed by atoms with E-state index in [9.17, 15) is 14.4 Å². The molecule has 53 heavy (non-hydrogen) atoms. The van der Waals surface area contributed by atoms with Crippen molar-refractivity contribution in [2.75, 3.05) is 33.8 Å². The van der Waals surface area contributed by atoms with Crippen molar-refractivity contribution in [1.29, 1.82) is 0 Å². The number of aromatic nitrogens is 4. The summed E-state index contributed by atoms with van der Waals surface area (Å²) in [6.45, 7) is 14.1. The Morgan fingerprint density at radius 3 is 2.23 bits per heavy atom. The summed E-state index contributed by atoms with van der Waals surface area (Å²) in [7, 11) is 3.44. The van der Waals surface area contributed by atoms with Crippen molar-refractivity contribution < 1.29 is 23.9 Å². The van der Waals surface area contributed by atoms with Gasteiger partial charge >= 0.3 is 6.09 Å². The van der Waals surface area contributed by atoms with Gasteiger partial charge in [-0.05, 0) is 76.9 Å². The number of ether oxygens (including phenoxy) is 2. The van der Waals surface area contributed by atoms with Crippen LogP contribution in [0, 0.1) is 0 Å². The van der Waals surface area contributed by atoms with Gasteiger partial charge in [-0.25, -0.2) is 14.8 Å². The van der Waals surface area contributed by atoms with Crippen LogP contribution in [-0.4, -0.2) is 87.6 Å². The molecule has 0 saturated carbocycles. The van der Waals surface area contributed by atoms with E-state index in [1.807, 2.05) is 40.1 Å². The van der Waals surface area contributed by atoms with Gasteiger partial charge < -0.3 is 29.7 Å². The Kier molecular flexibility index (Phi) is 15.2. The summed E-state index contributed by atoms with van der Waals surface area (Å²) in [4.78, 5) is 56.1. The molecule has 1 unspecified atom stereocenters. The molecule has 1 aliphatic heterocycles. The van der Waals surface area contributed by atoms with E-state index in [1.54, 1.807) is 27.6 Å². The molecule has 0 spiro atoms. The lowest BCUT2D eigenvalue weighted by Gasteiger charge is -2.21. The van der Waals surface area contributed by atoms with Crippen molar-refractivity contribution in [3.05, 3.63) is 60.4 Å². The van der Waals surface area contributed by atoms with E-state index in [-0.39, 0.29) is 18.1 Å². The van der Waals surface area contributed by atoms with Gasteiger partial charge in [0.2, 0.25) is 5.91 Å². The zero-order valence-electron chi connectivity index (χ0n) is 32.1. The maximum atomic E-state index is 12.6. The van der Waals surface area contributed by atoms with E-state index in [4.69, 9.17) is 0 Å². The molecule has 3 N–H and O–H groups in total. The Labute approximate surface area is 320 Å². The molecule has 5 aromatic rings. The highest BCUT2D eigenvalue weighted by molar-refractivity contribution is 7.31. The first kappa shape index (κ1) is 41.2. The van der Waals surface area contributed by atoms with Crippen molar-refractivity contribution >= 4 is 50.5 Å². The van der Waals surface area contributed by atoms with Crippen LogP contribution in [0.2, 0.25) is 0 Å². The number of H-pyrrole nitrogens is 2. The number of aromatic amines is 2. The zero-order chi connectivity index (χ0) is 38.5. The number of hydrogen-bond donors (Lipinski definition) is 3. The van der Waals surface area contributed by atoms with Crippen LogP contribution in [0.3, 0.4) is 0 Å². The molecule has 1 atom stereocenters. The second-order valence-electron chi connectivity index (χ2n) is 13.8. The van der Waals surface area contributed by atoms with Crippen LogP contribution < -0.4 is 5.32 Å². The first-order valence-electron chi connectivity index (χ1n) is 18.0. The minimum Gasteiger partial charge on any atom is -0.462 e. The van der Waals surface area contributed by atoms with Gasteiger partial charge in [-0.2, -0.15) is 0 Å². The summed E-state index contributed by atoms with van der Waals surface area (Å²) in [6, 6.07) is 13.5. The lowest BCUT2D eigenvalue weighted by molar-refractivity contribution is -0.138. The van der Waals surface area contributed by atoms with E-state index in [1.165, 1.54) is 39.8 Å². The normalized spacial score (nSPS) is 14.2. The van der Waals surface area contributed by atoms with Crippen LogP contribution in [0.1, 0.15) is 84.9 Å². The van der Waals surface area contributed by atoms with Crippen molar-refractivity contribution in [3.63, 3.8) is 0 Å². The molecule has 2 amide bonds. The molecule has 12 nitrogen and oxygen atoms in total. The molecule has 6 rings (SSSR count). The fraction of sp³-hybridized carbons (Fsp3) is 0.462. The summed E-state index contributed by atoms with van der Waals surface area (Å²) in [5.41, 5.74) is 3.99. The van der Waals surface area contributed by atoms with Crippen LogP contribution in [0.4, 0.5) is 4.79 Å². The molecule has 0 radical (unpaired) electrons. The van der Waals surface area contributed by atoms with Crippen LogP contribution in [0.5, 0.6) is 0 Å². The van der Waals surface area contributed by atoms with Crippen LogP contribution in [-0.2, 0) is 25.6 Å². The first-order valence-corrected chi connectivity index (χ1v) is 19.7. The number of rotatable bonds is 11. The van der Waals surface area contributed by atoms with Gasteiger partial charge in [-0.1, -0.05) is 51.5 Å². The predicted molar refractivity (Wildman–Crippen MR) is 214 cm³/mol. The number of nitrogens with one attached hydrogen (secondary N) is 3. The van der Waals surface area contributed by atoms with E-state index >= 15 is 0 Å². The molecule has 1 saturated heterocycles. The summed E-state index contributed by atoms with van der Waals surface area (Å²) in [6.07, 6.45) is 7.55. The summed E-state index contributed by atoms with van der Waals surface area (Å²) in [5.74, 6) is 1.57. The first-order chi connectivity index (χ1) is 25.4. The Morgan fingerprint density at radius 2 is 1.64 bits per heavy atom. The van der Waals surface area contributed by atoms with Gasteiger partial charge in [0.05, 0.1) is 48.4 Å². The SMILES string of the molecule is CC(C)(C)OC=O.CCC.CCCN(Cc1ncc(-c2cc3sc(-c4ccc(-c5cnc(C6CCCN6C)[nH]5)cc4)cc3s2)[nH]1)C(=O)CNC(=O)OC. The number of imidazole rings is 2. The number of thiophene rings is 2. The third-order valence-electron chi connectivity index (χ3n) is 8.17. The summed E-state index contributed by atoms with van der Waals surface area (Å²) < 4.78 is 11.6. The topological polar surface area (TPSA) is 146 Å². The molecule has 1 aromatic carbocycles. The van der Waals surface area contributed by atoms with Crippen molar-refractivity contribution in [2.24, 2.45) is 0 Å². The minimum absolute atomic E-state index is 0.116. The number of methoxy groups -OCH3 is 1. The van der Waals surface area contributed by atoms with E-state index in [2.05, 4.69) is 96.9 Å². The number of fused-ring (bicyclic) bond motifs is 1. The standard InChI is InChI=1S/C31H35N7O3S2.C5H10O2.C3H8/c1-4-11-38(29(39)17-34-31(40)41-3)18-28-32-16-22(35-28)25-14-27-26(43-25)13-24(42-27)20-9-7-19(8-10-20)21-15-33-30(36-21)23-6-5-12-37(23)2;1-5(2,3)7-4-6;1-3-2/h7-10,13-16,23H,4-6,11-12,17-18H2,1-3H3,(H,32,35)(H,33,36)(H,34,40);4H,1-3H3;3H2,1-2H3. The second-order valence-corrected chi connectivity index (χ2v) is 16.0. The van der Waals surface area contributed by atoms with E-state index in [0.717, 1.165) is 47.0 Å². The number of amides is 2. The molecule has 0 aliphatic carbocycles. The minimum atomic E-state index is -0.627. The summed E-state index contributed by atoms with van der Waals surface area (Å²) in [5, 5.41) is 2.45. The van der Waals surface area contributed by atoms with Gasteiger partial charge in [-0.3, -0.25) is 14.5 Å². The van der Waals surface area contributed by atoms with Gasteiger partial charge in [0.1, 0.15) is 23.8 Å². The van der Waals surface area contributed by atoms with Crippen LogP contribution in [0.15, 0.2) is 48.8 Å². The Hall–Kier alpha value is -4.53. The molecular formula is C39H53N7O5S2. The quantitative estimate of drug-likeness (QED) is 0.113. The molecule has 1 aliphatic rings. The molecule has 0 bridgehead atoms. The Balaban J connectivity index is 0.000000557. The number of carbonyl (C=O) groups is 3. The van der Waals surface area contributed by atoms with E-state index < -0.39 is 6.09 Å². The van der Waals surface area contributed by atoms with Gasteiger partial charge in [0, 0.05) is 20.8 Å². The smallest absolute Gasteiger partial charge is 0.407 e. The molecular weight excluding hydrogens is 711 g/mol. The summed E-state index contributed by atoms with van der Waals surface area (Å²) >= 11 is 3.50. The second kappa shape index (κ2) is 19.5. The maximum absolute atomic E-state index is 12.6. The highest BCUT2D eigenvalue weighted by atomic mass is 32.1. The molecule has 1 fully saturated rings. The lowest BCUT2D eigenvalue weighted by Crippen LogP contribution is -2.40. The van der Waals surface area contributed by atoms with Crippen LogP contribution in [0.25, 0.3) is 41.7 Å². The van der Waals surface area contributed by atoms with Gasteiger partial charge in [0.25, 0.3) is 6.47 Å². The molecule has 4 aromatic heterocycles. The number of likely N-dealkylation sites (tertiary alicyclic amines) is 1. The monoisotopic (exact) mass is 763 g/mol. The number of benzene rings is 1. The number of carbonyl (C=O) groups excluding carboxylic acids is 3. The highest BCUT2D eigenvalue weighted by Gasteiger charge is 2.25. The Bertz CT molecular complexity index is 1870. The fourth-order valence-corrected chi connectivity index (χ4v) is 7.99. The highest BCUT2D eigenvalue weighted by Crippen LogP contribution is 2.41. The maximum Gasteiger partial charge on any atom is 0.407 e. The van der Waals surface area contributed by atoms with Crippen molar-refractivity contribution in [2.45, 2.75) is 85.4 Å². The number of alkyl carbamates (subject to hydrolysis) is 1. The van der Waals surface area contributed by atoms with Gasteiger partial charge in [-0.15, -0.1) is 22.7 Å². The zero-order valence-corrected chi connectivity index (χ0v) is 33.7. The number of hydrogen-bond acceptors (Lipinski definition) is 10. The lowest BCUT2D eigenvalue weighted by atomic mass is 10.1. The fourth-order valence-electron chi connectivity index (χ4n) is 5.62. The van der Waals surface area contributed by atoms with Crippen LogP contribution >= 0.6 is 22.7 Å². The third kappa shape index (κ3) is 11.7. The molecule has 5 heterocycles.